The number of benzene rings is 3. The predicted octanol–water partition coefficient (Wildman–Crippen LogP) is 3.21. The third-order valence-electron chi connectivity index (χ3n) is 8.08. The van der Waals surface area contributed by atoms with E-state index in [1.54, 1.807) is 57.7 Å². The number of hydrogen-bond donors (Lipinski definition) is 2. The lowest BCUT2D eigenvalue weighted by Gasteiger charge is -2.29. The third-order valence-corrected chi connectivity index (χ3v) is 8.08. The number of aromatic nitrogens is 2. The first kappa shape index (κ1) is 31.5. The molecule has 0 fully saturated rings. The fourth-order valence-corrected chi connectivity index (χ4v) is 5.56. The first-order valence-electron chi connectivity index (χ1n) is 15.1. The molecule has 9 heteroatoms. The van der Waals surface area contributed by atoms with Gasteiger partial charge in [0, 0.05) is 37.9 Å². The molecule has 9 nitrogen and oxygen atoms in total. The van der Waals surface area contributed by atoms with Crippen LogP contribution in [0.4, 0.5) is 5.69 Å². The standard InChI is InChI=1S/C36H40N4O5/c1-23(2)18-31-35(42)38-30(36(43)39(31)3)19-25-6-10-26(11-7-25)34(41)37-29-12-8-24(9-13-29)14-16-40-17-15-27-20-32(44-4)33(45-5)21-28(27)22-40/h6-13,18-21,23H,14-17,22H2,1-5H3,(H,37,41)(H,38,42). The van der Waals surface area contributed by atoms with E-state index < -0.39 is 0 Å². The van der Waals surface area contributed by atoms with E-state index in [0.717, 1.165) is 44.0 Å². The van der Waals surface area contributed by atoms with Crippen molar-refractivity contribution in [1.82, 2.24) is 14.5 Å². The fraction of sp³-hybridized carbons (Fsp3) is 0.306. The van der Waals surface area contributed by atoms with Crippen molar-refractivity contribution < 1.29 is 14.3 Å². The van der Waals surface area contributed by atoms with Gasteiger partial charge in [0.25, 0.3) is 17.0 Å². The molecule has 0 radical (unpaired) electrons. The number of nitrogens with zero attached hydrogens (tertiary/aromatic N) is 2. The summed E-state index contributed by atoms with van der Waals surface area (Å²) < 4.78 is 12.3. The number of H-pyrrole nitrogens is 1. The molecule has 0 saturated heterocycles. The van der Waals surface area contributed by atoms with Crippen LogP contribution in [0.25, 0.3) is 12.2 Å². The topological polar surface area (TPSA) is 106 Å². The van der Waals surface area contributed by atoms with E-state index in [2.05, 4.69) is 27.3 Å². The van der Waals surface area contributed by atoms with Crippen LogP contribution < -0.4 is 36.6 Å². The van der Waals surface area contributed by atoms with Crippen LogP contribution in [0.15, 0.2) is 70.3 Å². The molecule has 2 heterocycles. The molecule has 0 spiro atoms. The Kier molecular flexibility index (Phi) is 9.68. The molecule has 1 aliphatic heterocycles. The van der Waals surface area contributed by atoms with Crippen LogP contribution in [-0.4, -0.2) is 47.7 Å². The van der Waals surface area contributed by atoms with E-state index in [9.17, 15) is 14.4 Å². The van der Waals surface area contributed by atoms with Gasteiger partial charge in [0.15, 0.2) is 11.5 Å². The normalized spacial score (nSPS) is 14.0. The van der Waals surface area contributed by atoms with Crippen molar-refractivity contribution in [3.8, 4) is 11.5 Å². The highest BCUT2D eigenvalue weighted by Gasteiger charge is 2.19. The van der Waals surface area contributed by atoms with Crippen molar-refractivity contribution in [2.75, 3.05) is 32.6 Å². The van der Waals surface area contributed by atoms with E-state index in [4.69, 9.17) is 9.47 Å². The quantitative estimate of drug-likeness (QED) is 0.303. The van der Waals surface area contributed by atoms with E-state index >= 15 is 0 Å². The van der Waals surface area contributed by atoms with Crippen LogP contribution in [0.2, 0.25) is 0 Å². The van der Waals surface area contributed by atoms with Gasteiger partial charge in [-0.25, -0.2) is 0 Å². The first-order valence-corrected chi connectivity index (χ1v) is 15.1. The molecule has 0 atom stereocenters. The van der Waals surface area contributed by atoms with Gasteiger partial charge in [0.05, 0.1) is 14.2 Å². The van der Waals surface area contributed by atoms with Crippen molar-refractivity contribution >= 4 is 23.7 Å². The van der Waals surface area contributed by atoms with Crippen LogP contribution in [0.3, 0.4) is 0 Å². The zero-order valence-electron chi connectivity index (χ0n) is 26.5. The fourth-order valence-electron chi connectivity index (χ4n) is 5.56. The van der Waals surface area contributed by atoms with E-state index in [-0.39, 0.29) is 28.3 Å². The Hall–Kier alpha value is -4.89. The summed E-state index contributed by atoms with van der Waals surface area (Å²) in [5, 5.41) is 3.47. The van der Waals surface area contributed by atoms with Gasteiger partial charge in [0.1, 0.15) is 10.7 Å². The molecule has 0 bridgehead atoms. The number of fused-ring (bicyclic) bond motifs is 1. The summed E-state index contributed by atoms with van der Waals surface area (Å²) in [4.78, 5) is 43.4. The van der Waals surface area contributed by atoms with E-state index in [0.29, 0.717) is 22.2 Å². The highest BCUT2D eigenvalue weighted by atomic mass is 16.5. The molecule has 0 unspecified atom stereocenters. The zero-order valence-corrected chi connectivity index (χ0v) is 26.5. The first-order chi connectivity index (χ1) is 21.6. The molecule has 5 rings (SSSR count). The van der Waals surface area contributed by atoms with Gasteiger partial charge in [-0.1, -0.05) is 44.2 Å². The molecule has 3 aromatic carbocycles. The Labute approximate surface area is 262 Å². The van der Waals surface area contributed by atoms with Gasteiger partial charge in [-0.3, -0.25) is 19.3 Å². The maximum Gasteiger partial charge on any atom is 0.274 e. The third kappa shape index (κ3) is 7.44. The number of rotatable bonds is 9. The second kappa shape index (κ2) is 13.8. The average molecular weight is 609 g/mol. The summed E-state index contributed by atoms with van der Waals surface area (Å²) in [5.41, 5.74) is 5.06. The number of carbonyl (C=O) groups is 1. The molecule has 45 heavy (non-hydrogen) atoms. The molecule has 0 aliphatic carbocycles. The summed E-state index contributed by atoms with van der Waals surface area (Å²) >= 11 is 0. The SMILES string of the molecule is COc1cc2c(cc1OC)CN(CCc1ccc(NC(=O)c3ccc(C=c4[nH]c(=O)c(=CC(C)C)n(C)c4=O)cc3)cc1)CC2. The Morgan fingerprint density at radius 1 is 0.978 bits per heavy atom. The number of hydrogen-bond acceptors (Lipinski definition) is 6. The van der Waals surface area contributed by atoms with Crippen molar-refractivity contribution in [2.24, 2.45) is 13.0 Å². The molecular weight excluding hydrogens is 568 g/mol. The molecule has 0 saturated carbocycles. The average Bonchev–Trinajstić information content (AvgIpc) is 3.04. The summed E-state index contributed by atoms with van der Waals surface area (Å²) in [6, 6.07) is 19.0. The lowest BCUT2D eigenvalue weighted by atomic mass is 9.98. The minimum atomic E-state index is -0.321. The monoisotopic (exact) mass is 608 g/mol. The van der Waals surface area contributed by atoms with Gasteiger partial charge >= 0.3 is 0 Å². The van der Waals surface area contributed by atoms with Gasteiger partial charge in [0.2, 0.25) is 0 Å². The number of methoxy groups -OCH3 is 2. The lowest BCUT2D eigenvalue weighted by molar-refractivity contribution is 0.102. The maximum atomic E-state index is 12.9. The van der Waals surface area contributed by atoms with Crippen LogP contribution in [-0.2, 0) is 26.4 Å². The highest BCUT2D eigenvalue weighted by Crippen LogP contribution is 2.33. The van der Waals surface area contributed by atoms with Gasteiger partial charge in [-0.15, -0.1) is 0 Å². The summed E-state index contributed by atoms with van der Waals surface area (Å²) in [6.45, 7) is 6.70. The minimum absolute atomic E-state index is 0.129. The molecule has 234 valence electrons. The Morgan fingerprint density at radius 3 is 2.29 bits per heavy atom. The van der Waals surface area contributed by atoms with Gasteiger partial charge in [-0.05, 0) is 83.5 Å². The molecule has 1 aromatic heterocycles. The van der Waals surface area contributed by atoms with E-state index in [1.807, 2.05) is 38.1 Å². The largest absolute Gasteiger partial charge is 0.493 e. The predicted molar refractivity (Wildman–Crippen MR) is 177 cm³/mol. The number of nitrogens with one attached hydrogen (secondary N) is 2. The molecular formula is C36H40N4O5. The van der Waals surface area contributed by atoms with Crippen LogP contribution in [0.5, 0.6) is 11.5 Å². The van der Waals surface area contributed by atoms with Crippen LogP contribution in [0, 0.1) is 5.92 Å². The highest BCUT2D eigenvalue weighted by molar-refractivity contribution is 6.04. The van der Waals surface area contributed by atoms with E-state index in [1.165, 1.54) is 21.3 Å². The Balaban J connectivity index is 1.18. The van der Waals surface area contributed by atoms with Gasteiger partial charge < -0.3 is 24.3 Å². The van der Waals surface area contributed by atoms with Crippen molar-refractivity contribution in [1.29, 1.82) is 0 Å². The molecule has 4 aromatic rings. The van der Waals surface area contributed by atoms with Crippen LogP contribution >= 0.6 is 0 Å². The number of anilines is 1. The van der Waals surface area contributed by atoms with Gasteiger partial charge in [-0.2, -0.15) is 0 Å². The Morgan fingerprint density at radius 2 is 1.64 bits per heavy atom. The second-order valence-electron chi connectivity index (χ2n) is 11.7. The van der Waals surface area contributed by atoms with Crippen molar-refractivity contribution in [3.05, 3.63) is 120 Å². The smallest absolute Gasteiger partial charge is 0.274 e. The zero-order chi connectivity index (χ0) is 32.1. The van der Waals surface area contributed by atoms with Crippen molar-refractivity contribution in [2.45, 2.75) is 33.2 Å². The number of carbonyl (C=O) groups excluding carboxylic acids is 1. The number of aromatic amines is 1. The lowest BCUT2D eigenvalue weighted by Crippen LogP contribution is -2.52. The molecule has 1 amide bonds. The molecule has 2 N–H and O–H groups in total. The second-order valence-corrected chi connectivity index (χ2v) is 11.7. The van der Waals surface area contributed by atoms with Crippen molar-refractivity contribution in [3.63, 3.8) is 0 Å². The molecule has 1 aliphatic rings. The number of ether oxygens (including phenoxy) is 2. The van der Waals surface area contributed by atoms with Crippen LogP contribution in [0.1, 0.15) is 46.5 Å². The maximum absolute atomic E-state index is 12.9. The number of amides is 1. The Bertz CT molecular complexity index is 1920. The minimum Gasteiger partial charge on any atom is -0.493 e. The summed E-state index contributed by atoms with van der Waals surface area (Å²) in [6.07, 6.45) is 5.25. The summed E-state index contributed by atoms with van der Waals surface area (Å²) in [7, 11) is 4.92. The summed E-state index contributed by atoms with van der Waals surface area (Å²) in [5.74, 6) is 1.43.